The summed E-state index contributed by atoms with van der Waals surface area (Å²) in [6.07, 6.45) is 0.276. The Balaban J connectivity index is 2.84. The van der Waals surface area contributed by atoms with Gasteiger partial charge in [-0.3, -0.25) is 0 Å². The highest BCUT2D eigenvalue weighted by molar-refractivity contribution is 5.84. The molecule has 106 valence electrons. The largest absolute Gasteiger partial charge is 0.497 e. The smallest absolute Gasteiger partial charge is 0.331 e. The summed E-state index contributed by atoms with van der Waals surface area (Å²) in [6.45, 7) is 3.68. The zero-order chi connectivity index (χ0) is 14.3. The Hall–Kier alpha value is -1.75. The topological polar surface area (TPSA) is 67.8 Å². The first kappa shape index (κ1) is 15.3. The average Bonchev–Trinajstić information content (AvgIpc) is 2.40. The van der Waals surface area contributed by atoms with Crippen molar-refractivity contribution in [3.05, 3.63) is 24.3 Å². The van der Waals surface area contributed by atoms with Crippen LogP contribution in [0, 0.1) is 0 Å². The highest BCUT2D eigenvalue weighted by Gasteiger charge is 2.34. The number of ether oxygens (including phenoxy) is 2. The Morgan fingerprint density at radius 2 is 2.00 bits per heavy atom. The van der Waals surface area contributed by atoms with Crippen molar-refractivity contribution in [3.8, 4) is 5.75 Å². The molecule has 0 aliphatic heterocycles. The van der Waals surface area contributed by atoms with Crippen LogP contribution < -0.4 is 10.1 Å². The molecule has 0 unspecified atom stereocenters. The number of carbonyl (C=O) groups excluding carboxylic acids is 1. The number of rotatable bonds is 7. The predicted molar refractivity (Wildman–Crippen MR) is 73.4 cm³/mol. The molecule has 2 N–H and O–H groups in total. The highest BCUT2D eigenvalue weighted by atomic mass is 16.5. The summed E-state index contributed by atoms with van der Waals surface area (Å²) in [5, 5.41) is 12.2. The number of carbonyl (C=O) groups is 1. The monoisotopic (exact) mass is 267 g/mol. The highest BCUT2D eigenvalue weighted by Crippen LogP contribution is 2.22. The van der Waals surface area contributed by atoms with Gasteiger partial charge in [0.15, 0.2) is 0 Å². The average molecular weight is 267 g/mol. The number of benzene rings is 1. The molecule has 0 amide bonds. The summed E-state index contributed by atoms with van der Waals surface area (Å²) in [5.74, 6) is 0.366. The molecule has 1 aromatic carbocycles. The third-order valence-corrected chi connectivity index (χ3v) is 2.85. The fraction of sp³-hybridized carbons (Fsp3) is 0.500. The summed E-state index contributed by atoms with van der Waals surface area (Å²) in [5.41, 5.74) is -0.177. The molecule has 1 rings (SSSR count). The van der Waals surface area contributed by atoms with E-state index in [1.165, 1.54) is 0 Å². The Kier molecular flexibility index (Phi) is 5.63. The van der Waals surface area contributed by atoms with E-state index in [0.717, 1.165) is 11.4 Å². The fourth-order valence-corrected chi connectivity index (χ4v) is 1.72. The van der Waals surface area contributed by atoms with Crippen molar-refractivity contribution in [1.82, 2.24) is 0 Å². The van der Waals surface area contributed by atoms with E-state index in [9.17, 15) is 4.79 Å². The lowest BCUT2D eigenvalue weighted by Crippen LogP contribution is -2.45. The van der Waals surface area contributed by atoms with Crippen LogP contribution in [0.1, 0.15) is 20.3 Å². The normalized spacial score (nSPS) is 13.5. The molecule has 0 aromatic heterocycles. The van der Waals surface area contributed by atoms with Crippen molar-refractivity contribution in [2.45, 2.75) is 25.8 Å². The minimum absolute atomic E-state index is 0.0987. The van der Waals surface area contributed by atoms with Crippen molar-refractivity contribution in [1.29, 1.82) is 0 Å². The van der Waals surface area contributed by atoms with Crippen LogP contribution >= 0.6 is 0 Å². The van der Waals surface area contributed by atoms with Gasteiger partial charge in [0.25, 0.3) is 0 Å². The van der Waals surface area contributed by atoms with Crippen LogP contribution in [-0.4, -0.2) is 36.9 Å². The van der Waals surface area contributed by atoms with E-state index in [1.807, 2.05) is 12.1 Å². The van der Waals surface area contributed by atoms with Gasteiger partial charge in [-0.15, -0.1) is 0 Å². The molecule has 0 aliphatic rings. The molecule has 5 heteroatoms. The van der Waals surface area contributed by atoms with E-state index < -0.39 is 5.54 Å². The molecule has 1 aromatic rings. The second-order valence-electron chi connectivity index (χ2n) is 4.38. The number of hydrogen-bond acceptors (Lipinski definition) is 5. The Labute approximate surface area is 113 Å². The van der Waals surface area contributed by atoms with Gasteiger partial charge in [-0.2, -0.15) is 0 Å². The van der Waals surface area contributed by atoms with Crippen LogP contribution in [0.2, 0.25) is 0 Å². The molecule has 0 saturated carbocycles. The zero-order valence-corrected chi connectivity index (χ0v) is 11.6. The molecule has 0 fully saturated rings. The second-order valence-corrected chi connectivity index (χ2v) is 4.38. The molecule has 0 saturated heterocycles. The van der Waals surface area contributed by atoms with Crippen molar-refractivity contribution in [3.63, 3.8) is 0 Å². The number of nitrogens with one attached hydrogen (secondary N) is 1. The molecule has 5 nitrogen and oxygen atoms in total. The lowest BCUT2D eigenvalue weighted by Gasteiger charge is -2.29. The van der Waals surface area contributed by atoms with Gasteiger partial charge < -0.3 is 19.9 Å². The van der Waals surface area contributed by atoms with Crippen molar-refractivity contribution < 1.29 is 19.4 Å². The Bertz CT molecular complexity index is 404. The quantitative estimate of drug-likeness (QED) is 0.737. The molecule has 0 heterocycles. The van der Waals surface area contributed by atoms with Crippen molar-refractivity contribution in [2.75, 3.05) is 25.6 Å². The molecule has 19 heavy (non-hydrogen) atoms. The van der Waals surface area contributed by atoms with Gasteiger partial charge >= 0.3 is 5.97 Å². The first-order valence-corrected chi connectivity index (χ1v) is 6.26. The van der Waals surface area contributed by atoms with Gasteiger partial charge in [-0.1, -0.05) is 0 Å². The number of anilines is 1. The SMILES string of the molecule is CCOC(=O)[C@@](C)(CCO)Nc1ccc(OC)cc1. The molecule has 0 bridgehead atoms. The third-order valence-electron chi connectivity index (χ3n) is 2.85. The van der Waals surface area contributed by atoms with Crippen LogP contribution in [0.5, 0.6) is 5.75 Å². The molecule has 1 atom stereocenters. The van der Waals surface area contributed by atoms with Crippen LogP contribution in [0.15, 0.2) is 24.3 Å². The Morgan fingerprint density at radius 1 is 1.37 bits per heavy atom. The maximum absolute atomic E-state index is 12.0. The summed E-state index contributed by atoms with van der Waals surface area (Å²) in [6, 6.07) is 7.22. The minimum atomic E-state index is -0.945. The number of esters is 1. The van der Waals surface area contributed by atoms with Gasteiger partial charge in [0.05, 0.1) is 13.7 Å². The van der Waals surface area contributed by atoms with Gasteiger partial charge in [0.1, 0.15) is 11.3 Å². The van der Waals surface area contributed by atoms with Crippen molar-refractivity contribution >= 4 is 11.7 Å². The first-order valence-electron chi connectivity index (χ1n) is 6.26. The number of methoxy groups -OCH3 is 1. The number of hydrogen-bond donors (Lipinski definition) is 2. The van der Waals surface area contributed by atoms with E-state index in [4.69, 9.17) is 14.6 Å². The molecular formula is C14H21NO4. The third kappa shape index (κ3) is 4.13. The standard InChI is InChI=1S/C14H21NO4/c1-4-19-13(17)14(2,9-10-16)15-11-5-7-12(18-3)8-6-11/h5-8,15-16H,4,9-10H2,1-3H3/t14-/m1/s1. The fourth-order valence-electron chi connectivity index (χ4n) is 1.72. The van der Waals surface area contributed by atoms with E-state index in [2.05, 4.69) is 5.32 Å². The predicted octanol–water partition coefficient (Wildman–Crippen LogP) is 1.81. The van der Waals surface area contributed by atoms with Crippen LogP contribution in [0.4, 0.5) is 5.69 Å². The van der Waals surface area contributed by atoms with Gasteiger partial charge in [-0.25, -0.2) is 4.79 Å². The van der Waals surface area contributed by atoms with Crippen LogP contribution in [-0.2, 0) is 9.53 Å². The molecule has 0 spiro atoms. The van der Waals surface area contributed by atoms with E-state index in [-0.39, 0.29) is 19.0 Å². The maximum Gasteiger partial charge on any atom is 0.331 e. The van der Waals surface area contributed by atoms with Crippen molar-refractivity contribution in [2.24, 2.45) is 0 Å². The van der Waals surface area contributed by atoms with Gasteiger partial charge in [0.2, 0.25) is 0 Å². The van der Waals surface area contributed by atoms with Gasteiger partial charge in [0, 0.05) is 18.7 Å². The van der Waals surface area contributed by atoms with Crippen LogP contribution in [0.25, 0.3) is 0 Å². The molecule has 0 aliphatic carbocycles. The zero-order valence-electron chi connectivity index (χ0n) is 11.6. The summed E-state index contributed by atoms with van der Waals surface area (Å²) in [4.78, 5) is 12.0. The first-order chi connectivity index (χ1) is 9.05. The van der Waals surface area contributed by atoms with E-state index in [1.54, 1.807) is 33.1 Å². The summed E-state index contributed by atoms with van der Waals surface area (Å²) >= 11 is 0. The summed E-state index contributed by atoms with van der Waals surface area (Å²) < 4.78 is 10.1. The molecular weight excluding hydrogens is 246 g/mol. The Morgan fingerprint density at radius 3 is 2.47 bits per heavy atom. The van der Waals surface area contributed by atoms with Gasteiger partial charge in [-0.05, 0) is 38.1 Å². The number of aliphatic hydroxyl groups excluding tert-OH is 1. The lowest BCUT2D eigenvalue weighted by molar-refractivity contribution is -0.148. The maximum atomic E-state index is 12.0. The number of aliphatic hydroxyl groups is 1. The van der Waals surface area contributed by atoms with Crippen LogP contribution in [0.3, 0.4) is 0 Å². The second kappa shape index (κ2) is 6.99. The molecule has 0 radical (unpaired) electrons. The minimum Gasteiger partial charge on any atom is -0.497 e. The lowest BCUT2D eigenvalue weighted by atomic mass is 9.98. The van der Waals surface area contributed by atoms with E-state index in [0.29, 0.717) is 6.61 Å². The summed E-state index contributed by atoms with van der Waals surface area (Å²) in [7, 11) is 1.59. The van der Waals surface area contributed by atoms with E-state index >= 15 is 0 Å².